The molecule has 1 aromatic rings. The van der Waals surface area contributed by atoms with Gasteiger partial charge in [-0.05, 0) is 46.2 Å². The molecular formula is C42H76N4O6+4. The van der Waals surface area contributed by atoms with Crippen LogP contribution in [0.1, 0.15) is 62.8 Å². The van der Waals surface area contributed by atoms with E-state index in [0.717, 1.165) is 83.4 Å². The minimum atomic E-state index is -0.338. The number of likely N-dealkylation sites (N-methyl/N-ethyl adjacent to an activating group) is 3. The average Bonchev–Trinajstić information content (AvgIpc) is 2.98. The quantitative estimate of drug-likeness (QED) is 0.0162. The van der Waals surface area contributed by atoms with Crippen molar-refractivity contribution in [2.24, 2.45) is 0 Å². The summed E-state index contributed by atoms with van der Waals surface area (Å²) in [5, 5.41) is 0. The van der Waals surface area contributed by atoms with Gasteiger partial charge in [-0.3, -0.25) is 0 Å². The zero-order chi connectivity index (χ0) is 40.3. The Hall–Kier alpha value is -3.12. The summed E-state index contributed by atoms with van der Waals surface area (Å²) in [4.78, 5) is 31.0. The van der Waals surface area contributed by atoms with Crippen molar-refractivity contribution in [3.63, 3.8) is 0 Å². The lowest BCUT2D eigenvalue weighted by atomic mass is 9.95. The number of carbonyl (C=O) groups excluding carboxylic acids is 2. The van der Waals surface area contributed by atoms with Crippen molar-refractivity contribution in [3.05, 3.63) is 83.2 Å². The number of allylic oxidation sites excluding steroid dienone is 2. The second kappa shape index (κ2) is 22.8. The molecular weight excluding hydrogens is 656 g/mol. The Bertz CT molecular complexity index is 1330. The number of quaternary nitrogens is 4. The SMILES string of the molecule is C=C(C)CCC[N+](C)(C)Cc1cc(C[N+](C)(C)CCOOCC(=C)C)c(C[N+](C)(C)CCOC(=C)C)cc1C[N+](C)(C)CCOC(=O)C(=C)C.C=O. The highest BCUT2D eigenvalue weighted by Gasteiger charge is 2.29. The van der Waals surface area contributed by atoms with Crippen LogP contribution in [0.4, 0.5) is 0 Å². The average molecular weight is 733 g/mol. The lowest BCUT2D eigenvalue weighted by Crippen LogP contribution is -2.45. The third-order valence-electron chi connectivity index (χ3n) is 8.77. The van der Waals surface area contributed by atoms with Crippen molar-refractivity contribution in [1.82, 2.24) is 0 Å². The lowest BCUT2D eigenvalue weighted by Gasteiger charge is -2.36. The molecule has 0 aliphatic carbocycles. The summed E-state index contributed by atoms with van der Waals surface area (Å²) >= 11 is 0. The van der Waals surface area contributed by atoms with Gasteiger partial charge in [-0.15, -0.1) is 6.58 Å². The molecule has 0 bridgehead atoms. The summed E-state index contributed by atoms with van der Waals surface area (Å²) < 4.78 is 14.4. The van der Waals surface area contributed by atoms with E-state index in [1.165, 1.54) is 27.8 Å². The Morgan fingerprint density at radius 1 is 0.558 bits per heavy atom. The van der Waals surface area contributed by atoms with Gasteiger partial charge in [0.2, 0.25) is 0 Å². The maximum absolute atomic E-state index is 12.1. The second-order valence-corrected chi connectivity index (χ2v) is 17.2. The largest absolute Gasteiger partial charge is 0.493 e. The molecule has 0 radical (unpaired) electrons. The van der Waals surface area contributed by atoms with E-state index in [9.17, 15) is 4.79 Å². The minimum absolute atomic E-state index is 0.338. The van der Waals surface area contributed by atoms with Gasteiger partial charge in [0.15, 0.2) is 0 Å². The first-order valence-corrected chi connectivity index (χ1v) is 18.3. The van der Waals surface area contributed by atoms with Crippen LogP contribution in [0.15, 0.2) is 60.9 Å². The van der Waals surface area contributed by atoms with Crippen LogP contribution in [0.25, 0.3) is 0 Å². The Morgan fingerprint density at radius 2 is 0.942 bits per heavy atom. The van der Waals surface area contributed by atoms with Gasteiger partial charge in [0.05, 0.1) is 68.7 Å². The maximum Gasteiger partial charge on any atom is 0.333 e. The number of benzene rings is 1. The predicted molar refractivity (Wildman–Crippen MR) is 214 cm³/mol. The van der Waals surface area contributed by atoms with Crippen LogP contribution >= 0.6 is 0 Å². The van der Waals surface area contributed by atoms with Crippen LogP contribution < -0.4 is 0 Å². The van der Waals surface area contributed by atoms with Crippen LogP contribution in [-0.2, 0) is 55.0 Å². The van der Waals surface area contributed by atoms with Crippen molar-refractivity contribution in [3.8, 4) is 0 Å². The Balaban J connectivity index is 0.0000128. The summed E-state index contributed by atoms with van der Waals surface area (Å²) in [6.45, 7) is 34.0. The fourth-order valence-corrected chi connectivity index (χ4v) is 5.81. The van der Waals surface area contributed by atoms with Crippen LogP contribution in [-0.4, -0.2) is 140 Å². The van der Waals surface area contributed by atoms with Gasteiger partial charge in [-0.1, -0.05) is 30.9 Å². The first kappa shape index (κ1) is 48.9. The Kier molecular flexibility index (Phi) is 21.5. The molecule has 0 saturated carbocycles. The van der Waals surface area contributed by atoms with Crippen molar-refractivity contribution >= 4 is 12.8 Å². The second-order valence-electron chi connectivity index (χ2n) is 17.2. The van der Waals surface area contributed by atoms with Crippen molar-refractivity contribution in [2.45, 2.75) is 66.7 Å². The number of ether oxygens (including phenoxy) is 2. The monoisotopic (exact) mass is 733 g/mol. The molecule has 0 N–H and O–H groups in total. The zero-order valence-electron chi connectivity index (χ0n) is 35.3. The van der Waals surface area contributed by atoms with Crippen LogP contribution in [0.5, 0.6) is 0 Å². The molecule has 296 valence electrons. The van der Waals surface area contributed by atoms with E-state index < -0.39 is 0 Å². The molecule has 0 saturated heterocycles. The summed E-state index contributed by atoms with van der Waals surface area (Å²) in [6.07, 6.45) is 2.14. The first-order valence-electron chi connectivity index (χ1n) is 18.3. The fourth-order valence-electron chi connectivity index (χ4n) is 5.81. The van der Waals surface area contributed by atoms with Gasteiger partial charge in [-0.25, -0.2) is 14.6 Å². The molecule has 0 unspecified atom stereocenters. The van der Waals surface area contributed by atoms with Gasteiger partial charge >= 0.3 is 5.97 Å². The topological polar surface area (TPSA) is 71.1 Å². The standard InChI is InChI=1S/C41H74N4O5.CH2O/c1-33(2)18-17-19-42(9,10)28-37-26-40(31-45(15,16)22-25-49-50-32-34(3)4)39(29-43(11,12)20-23-47-36(7)8)27-38(37)30-44(13,14)21-24-48-41(46)35(5)6;1-2/h26-27H,1,3,5,7,17-25,28-32H2,2,4,6,8-16H3;1H2/q+4;. The number of nitrogens with zero attached hydrogens (tertiary/aromatic N) is 4. The van der Waals surface area contributed by atoms with E-state index in [0.29, 0.717) is 43.0 Å². The summed E-state index contributed by atoms with van der Waals surface area (Å²) in [5.74, 6) is 0.402. The third-order valence-corrected chi connectivity index (χ3v) is 8.77. The Morgan fingerprint density at radius 3 is 1.31 bits per heavy atom. The smallest absolute Gasteiger partial charge is 0.333 e. The molecule has 0 spiro atoms. The lowest BCUT2D eigenvalue weighted by molar-refractivity contribution is -0.908. The highest BCUT2D eigenvalue weighted by atomic mass is 17.2. The number of hydrogen-bond acceptors (Lipinski definition) is 6. The van der Waals surface area contributed by atoms with Gasteiger partial charge in [0.25, 0.3) is 0 Å². The van der Waals surface area contributed by atoms with E-state index in [-0.39, 0.29) is 5.97 Å². The normalized spacial score (nSPS) is 12.1. The minimum Gasteiger partial charge on any atom is -0.493 e. The van der Waals surface area contributed by atoms with Gasteiger partial charge in [0.1, 0.15) is 79.0 Å². The van der Waals surface area contributed by atoms with Crippen LogP contribution in [0.3, 0.4) is 0 Å². The van der Waals surface area contributed by atoms with Gasteiger partial charge < -0.3 is 32.2 Å². The van der Waals surface area contributed by atoms with Gasteiger partial charge in [-0.2, -0.15) is 0 Å². The van der Waals surface area contributed by atoms with Crippen molar-refractivity contribution in [1.29, 1.82) is 0 Å². The van der Waals surface area contributed by atoms with E-state index in [4.69, 9.17) is 24.0 Å². The first-order chi connectivity index (χ1) is 23.9. The molecule has 0 amide bonds. The molecule has 0 aliphatic heterocycles. The summed E-state index contributed by atoms with van der Waals surface area (Å²) in [7, 11) is 18.1. The summed E-state index contributed by atoms with van der Waals surface area (Å²) in [5.41, 5.74) is 7.99. The van der Waals surface area contributed by atoms with E-state index >= 15 is 0 Å². The molecule has 0 heterocycles. The van der Waals surface area contributed by atoms with E-state index in [1.54, 1.807) is 6.92 Å². The molecule has 0 fully saturated rings. The molecule has 10 heteroatoms. The number of carbonyl (C=O) groups is 2. The van der Waals surface area contributed by atoms with Crippen LogP contribution in [0, 0.1) is 0 Å². The fraction of sp³-hybridized carbons (Fsp3) is 0.619. The molecule has 1 rings (SSSR count). The highest BCUT2D eigenvalue weighted by Crippen LogP contribution is 2.28. The predicted octanol–water partition coefficient (Wildman–Crippen LogP) is 6.36. The van der Waals surface area contributed by atoms with Crippen molar-refractivity contribution in [2.75, 3.05) is 109 Å². The molecule has 52 heavy (non-hydrogen) atoms. The summed E-state index contributed by atoms with van der Waals surface area (Å²) in [6, 6.07) is 4.94. The molecule has 0 aromatic heterocycles. The van der Waals surface area contributed by atoms with E-state index in [1.807, 2.05) is 20.6 Å². The number of esters is 1. The third kappa shape index (κ3) is 22.1. The zero-order valence-corrected chi connectivity index (χ0v) is 35.3. The number of hydrogen-bond donors (Lipinski definition) is 0. The highest BCUT2D eigenvalue weighted by molar-refractivity contribution is 5.86. The molecule has 1 aromatic carbocycles. The molecule has 10 nitrogen and oxygen atoms in total. The maximum atomic E-state index is 12.1. The number of rotatable bonds is 26. The van der Waals surface area contributed by atoms with Gasteiger partial charge in [0, 0.05) is 34.2 Å². The Labute approximate surface area is 317 Å². The van der Waals surface area contributed by atoms with Crippen LogP contribution in [0.2, 0.25) is 0 Å². The molecule has 0 atom stereocenters. The molecule has 0 aliphatic rings. The van der Waals surface area contributed by atoms with E-state index in [2.05, 4.69) is 102 Å². The van der Waals surface area contributed by atoms with Crippen molar-refractivity contribution < 1.29 is 46.8 Å².